The average Bonchev–Trinajstić information content (AvgIpc) is 2.75. The van der Waals surface area contributed by atoms with Crippen LogP contribution in [-0.4, -0.2) is 66.7 Å². The second-order valence-corrected chi connectivity index (χ2v) is 4.75. The number of carbonyl (C=O) groups excluding carboxylic acids is 1. The van der Waals surface area contributed by atoms with E-state index in [1.807, 2.05) is 7.05 Å². The smallest absolute Gasteiger partial charge is 0.320 e. The minimum atomic E-state index is -0.836. The highest BCUT2D eigenvalue weighted by molar-refractivity contribution is 5.76. The fraction of sp³-hybridized carbons (Fsp3) is 0.833. The summed E-state index contributed by atoms with van der Waals surface area (Å²) in [6.45, 7) is 2.24. The van der Waals surface area contributed by atoms with Crippen LogP contribution < -0.4 is 5.32 Å². The van der Waals surface area contributed by atoms with Crippen LogP contribution in [0.15, 0.2) is 0 Å². The van der Waals surface area contributed by atoms with Gasteiger partial charge in [-0.3, -0.25) is 4.79 Å². The molecule has 1 heterocycles. The van der Waals surface area contributed by atoms with Gasteiger partial charge in [-0.2, -0.15) is 0 Å². The summed E-state index contributed by atoms with van der Waals surface area (Å²) >= 11 is 0. The number of rotatable bonds is 6. The molecule has 0 aliphatic carbocycles. The Morgan fingerprint density at radius 3 is 2.83 bits per heavy atom. The van der Waals surface area contributed by atoms with Gasteiger partial charge < -0.3 is 20.2 Å². The molecule has 1 rings (SSSR count). The van der Waals surface area contributed by atoms with Crippen LogP contribution >= 0.6 is 0 Å². The third-order valence-electron chi connectivity index (χ3n) is 3.28. The van der Waals surface area contributed by atoms with Crippen molar-refractivity contribution in [1.82, 2.24) is 15.1 Å². The van der Waals surface area contributed by atoms with E-state index < -0.39 is 5.97 Å². The molecule has 6 nitrogen and oxygen atoms in total. The van der Waals surface area contributed by atoms with Gasteiger partial charge >= 0.3 is 12.0 Å². The predicted molar refractivity (Wildman–Crippen MR) is 68.6 cm³/mol. The Balaban J connectivity index is 2.45. The molecule has 0 aromatic rings. The van der Waals surface area contributed by atoms with Crippen LogP contribution in [0.4, 0.5) is 4.79 Å². The third kappa shape index (κ3) is 4.18. The summed E-state index contributed by atoms with van der Waals surface area (Å²) in [5, 5.41) is 11.9. The Kier molecular flexibility index (Phi) is 5.91. The molecule has 0 spiro atoms. The lowest BCUT2D eigenvalue weighted by Gasteiger charge is -2.29. The van der Waals surface area contributed by atoms with Gasteiger partial charge in [-0.1, -0.05) is 0 Å². The van der Waals surface area contributed by atoms with E-state index in [2.05, 4.69) is 5.32 Å². The van der Waals surface area contributed by atoms with Crippen molar-refractivity contribution in [2.75, 3.05) is 33.7 Å². The van der Waals surface area contributed by atoms with Crippen LogP contribution in [0.3, 0.4) is 0 Å². The Morgan fingerprint density at radius 1 is 1.50 bits per heavy atom. The molecule has 1 aliphatic heterocycles. The lowest BCUT2D eigenvalue weighted by Crippen LogP contribution is -2.45. The number of aliphatic carboxylic acids is 1. The van der Waals surface area contributed by atoms with Crippen molar-refractivity contribution in [3.05, 3.63) is 0 Å². The normalized spacial score (nSPS) is 19.0. The highest BCUT2D eigenvalue weighted by Crippen LogP contribution is 2.21. The number of carbonyl (C=O) groups is 2. The third-order valence-corrected chi connectivity index (χ3v) is 3.28. The fourth-order valence-corrected chi connectivity index (χ4v) is 2.31. The van der Waals surface area contributed by atoms with Crippen molar-refractivity contribution in [3.63, 3.8) is 0 Å². The summed E-state index contributed by atoms with van der Waals surface area (Å²) in [5.74, 6) is -0.836. The van der Waals surface area contributed by atoms with Gasteiger partial charge in [0.05, 0.1) is 6.42 Å². The topological polar surface area (TPSA) is 72.9 Å². The number of nitrogens with one attached hydrogen (secondary N) is 1. The van der Waals surface area contributed by atoms with E-state index in [0.29, 0.717) is 13.1 Å². The standard InChI is InChI=1S/C12H23N3O3/c1-13-6-4-7-14(2)12(18)15-8-3-5-10(15)9-11(16)17/h10,13H,3-9H2,1-2H3,(H,16,17). The van der Waals surface area contributed by atoms with E-state index in [9.17, 15) is 9.59 Å². The predicted octanol–water partition coefficient (Wildman–Crippen LogP) is 0.587. The van der Waals surface area contributed by atoms with Gasteiger partial charge in [0.25, 0.3) is 0 Å². The second-order valence-electron chi connectivity index (χ2n) is 4.75. The second kappa shape index (κ2) is 7.20. The van der Waals surface area contributed by atoms with Crippen LogP contribution in [0.1, 0.15) is 25.7 Å². The molecule has 0 radical (unpaired) electrons. The van der Waals surface area contributed by atoms with Crippen molar-refractivity contribution in [2.45, 2.75) is 31.7 Å². The lowest BCUT2D eigenvalue weighted by atomic mass is 10.1. The summed E-state index contributed by atoms with van der Waals surface area (Å²) in [6, 6.07) is -0.184. The van der Waals surface area contributed by atoms with Gasteiger partial charge in [-0.05, 0) is 32.9 Å². The first-order valence-electron chi connectivity index (χ1n) is 6.44. The summed E-state index contributed by atoms with van der Waals surface area (Å²) in [7, 11) is 3.65. The van der Waals surface area contributed by atoms with Crippen molar-refractivity contribution < 1.29 is 14.7 Å². The highest BCUT2D eigenvalue weighted by atomic mass is 16.4. The van der Waals surface area contributed by atoms with Crippen LogP contribution in [0.2, 0.25) is 0 Å². The van der Waals surface area contributed by atoms with Crippen molar-refractivity contribution in [1.29, 1.82) is 0 Å². The molecular formula is C12H23N3O3. The molecule has 2 amide bonds. The van der Waals surface area contributed by atoms with Gasteiger partial charge in [0.1, 0.15) is 0 Å². The maximum Gasteiger partial charge on any atom is 0.320 e. The van der Waals surface area contributed by atoms with Crippen LogP contribution in [0.25, 0.3) is 0 Å². The van der Waals surface area contributed by atoms with E-state index in [-0.39, 0.29) is 18.5 Å². The van der Waals surface area contributed by atoms with Crippen LogP contribution in [0, 0.1) is 0 Å². The van der Waals surface area contributed by atoms with Gasteiger partial charge in [-0.15, -0.1) is 0 Å². The summed E-state index contributed by atoms with van der Waals surface area (Å²) in [6.07, 6.45) is 2.64. The van der Waals surface area contributed by atoms with Crippen molar-refractivity contribution >= 4 is 12.0 Å². The molecule has 2 N–H and O–H groups in total. The maximum absolute atomic E-state index is 12.2. The Bertz CT molecular complexity index is 296. The molecule has 0 aromatic heterocycles. The van der Waals surface area contributed by atoms with Gasteiger partial charge in [-0.25, -0.2) is 4.79 Å². The van der Waals surface area contributed by atoms with Crippen molar-refractivity contribution in [3.8, 4) is 0 Å². The number of carboxylic acids is 1. The maximum atomic E-state index is 12.2. The number of likely N-dealkylation sites (tertiary alicyclic amines) is 1. The average molecular weight is 257 g/mol. The Hall–Kier alpha value is -1.30. The first kappa shape index (κ1) is 14.8. The SMILES string of the molecule is CNCCCN(C)C(=O)N1CCCC1CC(=O)O. The molecule has 1 atom stereocenters. The zero-order chi connectivity index (χ0) is 13.5. The molecule has 6 heteroatoms. The first-order chi connectivity index (χ1) is 8.56. The van der Waals surface area contributed by atoms with Crippen LogP contribution in [-0.2, 0) is 4.79 Å². The molecule has 0 bridgehead atoms. The quantitative estimate of drug-likeness (QED) is 0.683. The molecule has 1 saturated heterocycles. The zero-order valence-corrected chi connectivity index (χ0v) is 11.2. The molecule has 18 heavy (non-hydrogen) atoms. The number of amides is 2. The van der Waals surface area contributed by atoms with Gasteiger partial charge in [0.2, 0.25) is 0 Å². The summed E-state index contributed by atoms with van der Waals surface area (Å²) in [5.41, 5.74) is 0. The summed E-state index contributed by atoms with van der Waals surface area (Å²) < 4.78 is 0. The highest BCUT2D eigenvalue weighted by Gasteiger charge is 2.31. The lowest BCUT2D eigenvalue weighted by molar-refractivity contribution is -0.138. The Labute approximate surface area is 108 Å². The molecular weight excluding hydrogens is 234 g/mol. The number of carboxylic acid groups (broad SMARTS) is 1. The molecule has 1 aliphatic rings. The van der Waals surface area contributed by atoms with E-state index in [0.717, 1.165) is 25.8 Å². The molecule has 1 fully saturated rings. The zero-order valence-electron chi connectivity index (χ0n) is 11.2. The van der Waals surface area contributed by atoms with Gasteiger partial charge in [0, 0.05) is 26.2 Å². The van der Waals surface area contributed by atoms with E-state index in [4.69, 9.17) is 5.11 Å². The minimum absolute atomic E-state index is 0.0464. The van der Waals surface area contributed by atoms with Crippen LogP contribution in [0.5, 0.6) is 0 Å². The van der Waals surface area contributed by atoms with E-state index in [1.54, 1.807) is 16.8 Å². The first-order valence-corrected chi connectivity index (χ1v) is 6.44. The molecule has 0 aromatic carbocycles. The minimum Gasteiger partial charge on any atom is -0.481 e. The summed E-state index contributed by atoms with van der Waals surface area (Å²) in [4.78, 5) is 26.3. The number of nitrogens with zero attached hydrogens (tertiary/aromatic N) is 2. The fourth-order valence-electron chi connectivity index (χ4n) is 2.31. The molecule has 104 valence electrons. The number of urea groups is 1. The molecule has 1 unspecified atom stereocenters. The van der Waals surface area contributed by atoms with Crippen molar-refractivity contribution in [2.24, 2.45) is 0 Å². The largest absolute Gasteiger partial charge is 0.481 e. The van der Waals surface area contributed by atoms with E-state index >= 15 is 0 Å². The molecule has 0 saturated carbocycles. The van der Waals surface area contributed by atoms with Gasteiger partial charge in [0.15, 0.2) is 0 Å². The van der Waals surface area contributed by atoms with E-state index in [1.165, 1.54) is 0 Å². The Morgan fingerprint density at radius 2 is 2.22 bits per heavy atom. The monoisotopic (exact) mass is 257 g/mol. The number of hydrogen-bond donors (Lipinski definition) is 2. The number of hydrogen-bond acceptors (Lipinski definition) is 3.